The predicted octanol–water partition coefficient (Wildman–Crippen LogP) is 2.23. The number of halogens is 1. The molecule has 0 spiro atoms. The maximum atomic E-state index is 9.70. The fourth-order valence-corrected chi connectivity index (χ4v) is 1.75. The van der Waals surface area contributed by atoms with Crippen molar-refractivity contribution in [2.45, 2.75) is 25.9 Å². The fourth-order valence-electron chi connectivity index (χ4n) is 1.57. The Balaban J connectivity index is 2.24. The van der Waals surface area contributed by atoms with Crippen molar-refractivity contribution in [2.24, 2.45) is 0 Å². The third-order valence-corrected chi connectivity index (χ3v) is 2.46. The van der Waals surface area contributed by atoms with Crippen molar-refractivity contribution in [2.75, 3.05) is 0 Å². The first kappa shape index (κ1) is 12.1. The summed E-state index contributed by atoms with van der Waals surface area (Å²) in [6, 6.07) is 7.37. The van der Waals surface area contributed by atoms with E-state index in [0.29, 0.717) is 11.4 Å². The van der Waals surface area contributed by atoms with Gasteiger partial charge < -0.3 is 5.11 Å². The Hall–Kier alpha value is -1.39. The molecule has 0 aliphatic heterocycles. The van der Waals surface area contributed by atoms with Gasteiger partial charge in [-0.3, -0.25) is 0 Å². The molecule has 0 aliphatic rings. The normalized spacial score (nSPS) is 11.8. The Morgan fingerprint density at radius 2 is 2.18 bits per heavy atom. The number of aliphatic hydroxyl groups is 1. The van der Waals surface area contributed by atoms with Gasteiger partial charge in [0.1, 0.15) is 0 Å². The molecule has 0 atom stereocenters. The molecule has 0 unspecified atom stereocenters. The predicted molar refractivity (Wildman–Crippen MR) is 66.4 cm³/mol. The molecule has 0 fully saturated rings. The van der Waals surface area contributed by atoms with Gasteiger partial charge in [-0.05, 0) is 32.0 Å². The number of nitrogens with zero attached hydrogens (tertiary/aromatic N) is 3. The van der Waals surface area contributed by atoms with E-state index in [2.05, 4.69) is 10.3 Å². The fraction of sp³-hybridized carbons (Fsp3) is 0.333. The van der Waals surface area contributed by atoms with Crippen molar-refractivity contribution >= 4 is 11.6 Å². The minimum atomic E-state index is -0.783. The molecule has 1 aromatic carbocycles. The second-order valence-corrected chi connectivity index (χ2v) is 5.06. The highest BCUT2D eigenvalue weighted by Gasteiger charge is 2.16. The summed E-state index contributed by atoms with van der Waals surface area (Å²) in [6.45, 7) is 3.48. The van der Waals surface area contributed by atoms with Crippen LogP contribution in [0.5, 0.6) is 0 Å². The Labute approximate surface area is 105 Å². The van der Waals surface area contributed by atoms with Gasteiger partial charge in [0.15, 0.2) is 0 Å². The molecule has 5 heteroatoms. The highest BCUT2D eigenvalue weighted by molar-refractivity contribution is 6.30. The van der Waals surface area contributed by atoms with Crippen LogP contribution in [0.3, 0.4) is 0 Å². The molecule has 0 saturated carbocycles. The number of benzene rings is 1. The second-order valence-electron chi connectivity index (χ2n) is 4.62. The van der Waals surface area contributed by atoms with E-state index in [-0.39, 0.29) is 0 Å². The standard InChI is InChI=1S/C12H14ClN3O/c1-12(2,17)7-10-8-16(15-14-10)11-5-3-4-9(13)6-11/h3-6,8,17H,7H2,1-2H3. The van der Waals surface area contributed by atoms with Crippen molar-refractivity contribution in [3.05, 3.63) is 41.2 Å². The molecule has 2 rings (SSSR count). The molecule has 0 radical (unpaired) electrons. The summed E-state index contributed by atoms with van der Waals surface area (Å²) in [4.78, 5) is 0. The summed E-state index contributed by atoms with van der Waals surface area (Å²) in [5.74, 6) is 0. The van der Waals surface area contributed by atoms with E-state index >= 15 is 0 Å². The van der Waals surface area contributed by atoms with Crippen LogP contribution in [-0.4, -0.2) is 25.7 Å². The van der Waals surface area contributed by atoms with Gasteiger partial charge in [-0.2, -0.15) is 0 Å². The number of hydrogen-bond donors (Lipinski definition) is 1. The SMILES string of the molecule is CC(C)(O)Cc1cn(-c2cccc(Cl)c2)nn1. The van der Waals surface area contributed by atoms with Crippen LogP contribution in [0.4, 0.5) is 0 Å². The summed E-state index contributed by atoms with van der Waals surface area (Å²) in [5, 5.41) is 18.4. The van der Waals surface area contributed by atoms with Gasteiger partial charge in [-0.25, -0.2) is 4.68 Å². The molecule has 1 heterocycles. The lowest BCUT2D eigenvalue weighted by Crippen LogP contribution is -2.22. The van der Waals surface area contributed by atoms with Crippen LogP contribution in [-0.2, 0) is 6.42 Å². The van der Waals surface area contributed by atoms with Crippen LogP contribution in [0.15, 0.2) is 30.5 Å². The van der Waals surface area contributed by atoms with Crippen molar-refractivity contribution in [3.8, 4) is 5.69 Å². The molecule has 4 nitrogen and oxygen atoms in total. The first-order valence-corrected chi connectivity index (χ1v) is 5.71. The number of hydrogen-bond acceptors (Lipinski definition) is 3. The molecular weight excluding hydrogens is 238 g/mol. The van der Waals surface area contributed by atoms with Crippen molar-refractivity contribution in [3.63, 3.8) is 0 Å². The maximum Gasteiger partial charge on any atom is 0.0860 e. The van der Waals surface area contributed by atoms with E-state index in [1.54, 1.807) is 30.8 Å². The molecular formula is C12H14ClN3O. The Bertz CT molecular complexity index is 516. The zero-order chi connectivity index (χ0) is 12.5. The smallest absolute Gasteiger partial charge is 0.0860 e. The van der Waals surface area contributed by atoms with Crippen LogP contribution in [0.2, 0.25) is 5.02 Å². The van der Waals surface area contributed by atoms with Crippen LogP contribution >= 0.6 is 11.6 Å². The van der Waals surface area contributed by atoms with Gasteiger partial charge >= 0.3 is 0 Å². The van der Waals surface area contributed by atoms with Crippen LogP contribution in [0, 0.1) is 0 Å². The molecule has 2 aromatic rings. The lowest BCUT2D eigenvalue weighted by atomic mass is 10.0. The monoisotopic (exact) mass is 251 g/mol. The summed E-state index contributed by atoms with van der Waals surface area (Å²) in [7, 11) is 0. The summed E-state index contributed by atoms with van der Waals surface area (Å²) < 4.78 is 1.65. The molecule has 90 valence electrons. The van der Waals surface area contributed by atoms with Gasteiger partial charge in [0.2, 0.25) is 0 Å². The average Bonchev–Trinajstić information content (AvgIpc) is 2.63. The Morgan fingerprint density at radius 1 is 1.41 bits per heavy atom. The minimum Gasteiger partial charge on any atom is -0.390 e. The van der Waals surface area contributed by atoms with Crippen LogP contribution < -0.4 is 0 Å². The molecule has 0 bridgehead atoms. The first-order chi connectivity index (χ1) is 7.94. The number of aromatic nitrogens is 3. The Morgan fingerprint density at radius 3 is 2.82 bits per heavy atom. The van der Waals surface area contributed by atoms with Crippen LogP contribution in [0.25, 0.3) is 5.69 Å². The summed E-state index contributed by atoms with van der Waals surface area (Å²) in [5.41, 5.74) is 0.819. The van der Waals surface area contributed by atoms with Crippen molar-refractivity contribution < 1.29 is 5.11 Å². The van der Waals surface area contributed by atoms with E-state index in [9.17, 15) is 5.11 Å². The summed E-state index contributed by atoms with van der Waals surface area (Å²) >= 11 is 5.91. The molecule has 0 saturated heterocycles. The zero-order valence-corrected chi connectivity index (χ0v) is 10.5. The third-order valence-electron chi connectivity index (χ3n) is 2.23. The van der Waals surface area contributed by atoms with Gasteiger partial charge in [0, 0.05) is 11.4 Å². The molecule has 0 aliphatic carbocycles. The molecule has 17 heavy (non-hydrogen) atoms. The quantitative estimate of drug-likeness (QED) is 0.910. The highest BCUT2D eigenvalue weighted by Crippen LogP contribution is 2.15. The lowest BCUT2D eigenvalue weighted by molar-refractivity contribution is 0.0799. The van der Waals surface area contributed by atoms with Gasteiger partial charge in [0.05, 0.1) is 23.2 Å². The van der Waals surface area contributed by atoms with Gasteiger partial charge in [-0.15, -0.1) is 5.10 Å². The van der Waals surface area contributed by atoms with E-state index < -0.39 is 5.60 Å². The topological polar surface area (TPSA) is 50.9 Å². The first-order valence-electron chi connectivity index (χ1n) is 5.34. The number of rotatable bonds is 3. The van der Waals surface area contributed by atoms with Gasteiger partial charge in [0.25, 0.3) is 0 Å². The van der Waals surface area contributed by atoms with E-state index in [4.69, 9.17) is 11.6 Å². The van der Waals surface area contributed by atoms with Crippen molar-refractivity contribution in [1.82, 2.24) is 15.0 Å². The largest absolute Gasteiger partial charge is 0.390 e. The van der Waals surface area contributed by atoms with Crippen molar-refractivity contribution in [1.29, 1.82) is 0 Å². The zero-order valence-electron chi connectivity index (χ0n) is 9.76. The molecule has 0 amide bonds. The molecule has 1 N–H and O–H groups in total. The average molecular weight is 252 g/mol. The van der Waals surface area contributed by atoms with Crippen LogP contribution in [0.1, 0.15) is 19.5 Å². The van der Waals surface area contributed by atoms with E-state index in [1.165, 1.54) is 0 Å². The second kappa shape index (κ2) is 4.47. The highest BCUT2D eigenvalue weighted by atomic mass is 35.5. The summed E-state index contributed by atoms with van der Waals surface area (Å²) in [6.07, 6.45) is 2.26. The van der Waals surface area contributed by atoms with Gasteiger partial charge in [-0.1, -0.05) is 22.9 Å². The lowest BCUT2D eigenvalue weighted by Gasteiger charge is -2.13. The third kappa shape index (κ3) is 3.28. The Kier molecular flexibility index (Phi) is 3.17. The minimum absolute atomic E-state index is 0.466. The van der Waals surface area contributed by atoms with E-state index in [0.717, 1.165) is 11.4 Å². The maximum absolute atomic E-state index is 9.70. The molecule has 1 aromatic heterocycles. The van der Waals surface area contributed by atoms with E-state index in [1.807, 2.05) is 18.2 Å².